The van der Waals surface area contributed by atoms with Gasteiger partial charge in [0.05, 0.1) is 6.42 Å². The molecule has 2 nitrogen and oxygen atoms in total. The first-order chi connectivity index (χ1) is 8.08. The zero-order chi connectivity index (χ0) is 13.3. The van der Waals surface area contributed by atoms with E-state index >= 15 is 0 Å². The van der Waals surface area contributed by atoms with Crippen molar-refractivity contribution in [3.05, 3.63) is 34.9 Å². The molecule has 1 N–H and O–H groups in total. The van der Waals surface area contributed by atoms with Crippen LogP contribution in [0.5, 0.6) is 0 Å². The molecule has 96 valence electrons. The van der Waals surface area contributed by atoms with Gasteiger partial charge in [0.1, 0.15) is 0 Å². The fraction of sp³-hybridized carbons (Fsp3) is 0.500. The Morgan fingerprint density at radius 1 is 1.24 bits per heavy atom. The van der Waals surface area contributed by atoms with E-state index in [-0.39, 0.29) is 5.91 Å². The lowest BCUT2D eigenvalue weighted by Crippen LogP contribution is -2.28. The molecule has 0 aliphatic heterocycles. The molecule has 0 saturated carbocycles. The van der Waals surface area contributed by atoms with Crippen LogP contribution in [0.25, 0.3) is 0 Å². The van der Waals surface area contributed by atoms with Crippen LogP contribution in [0.1, 0.15) is 33.3 Å². The van der Waals surface area contributed by atoms with Crippen molar-refractivity contribution >= 4 is 17.5 Å². The van der Waals surface area contributed by atoms with Gasteiger partial charge in [-0.25, -0.2) is 0 Å². The summed E-state index contributed by atoms with van der Waals surface area (Å²) in [6, 6.07) is 7.34. The van der Waals surface area contributed by atoms with Gasteiger partial charge in [-0.05, 0) is 23.6 Å². The van der Waals surface area contributed by atoms with Crippen molar-refractivity contribution in [2.75, 3.05) is 6.54 Å². The summed E-state index contributed by atoms with van der Waals surface area (Å²) >= 11 is 5.75. The minimum Gasteiger partial charge on any atom is -0.356 e. The van der Waals surface area contributed by atoms with Crippen LogP contribution < -0.4 is 5.32 Å². The van der Waals surface area contributed by atoms with E-state index in [2.05, 4.69) is 19.2 Å². The Kier molecular flexibility index (Phi) is 8.51. The first kappa shape index (κ1) is 16.0. The molecule has 0 heterocycles. The summed E-state index contributed by atoms with van der Waals surface area (Å²) in [5.41, 5.74) is 0.987. The van der Waals surface area contributed by atoms with Crippen molar-refractivity contribution in [2.45, 2.75) is 34.1 Å². The number of carbonyl (C=O) groups is 1. The lowest BCUT2D eigenvalue weighted by molar-refractivity contribution is -0.120. The molecule has 0 unspecified atom stereocenters. The first-order valence-electron chi connectivity index (χ1n) is 6.09. The van der Waals surface area contributed by atoms with Gasteiger partial charge in [-0.2, -0.15) is 0 Å². The van der Waals surface area contributed by atoms with Crippen LogP contribution in [0.4, 0.5) is 0 Å². The summed E-state index contributed by atoms with van der Waals surface area (Å²) < 4.78 is 0. The fourth-order valence-electron chi connectivity index (χ4n) is 1.17. The number of carbonyl (C=O) groups excluding carboxylic acids is 1. The van der Waals surface area contributed by atoms with Crippen LogP contribution in [0.3, 0.4) is 0 Å². The smallest absolute Gasteiger partial charge is 0.224 e. The third-order valence-electron chi connectivity index (χ3n) is 1.99. The molecule has 1 amide bonds. The van der Waals surface area contributed by atoms with Gasteiger partial charge in [-0.3, -0.25) is 4.79 Å². The van der Waals surface area contributed by atoms with Gasteiger partial charge in [-0.1, -0.05) is 51.4 Å². The number of halogens is 1. The van der Waals surface area contributed by atoms with E-state index in [4.69, 9.17) is 11.6 Å². The highest BCUT2D eigenvalue weighted by molar-refractivity contribution is 6.30. The molecule has 0 spiro atoms. The molecule has 0 atom stereocenters. The summed E-state index contributed by atoms with van der Waals surface area (Å²) in [6.45, 7) is 8.87. The Balaban J connectivity index is 0.00000121. The molecule has 0 radical (unpaired) electrons. The average molecular weight is 256 g/mol. The number of rotatable bonds is 4. The number of amides is 1. The summed E-state index contributed by atoms with van der Waals surface area (Å²) in [5.74, 6) is 0.546. The molecule has 17 heavy (non-hydrogen) atoms. The second-order valence-electron chi connectivity index (χ2n) is 4.00. The SMILES string of the molecule is CC.CC(C)CNC(=O)Cc1ccc(Cl)cc1. The van der Waals surface area contributed by atoms with Crippen LogP contribution in [0.2, 0.25) is 5.02 Å². The van der Waals surface area contributed by atoms with E-state index in [0.29, 0.717) is 17.4 Å². The Morgan fingerprint density at radius 3 is 2.24 bits per heavy atom. The summed E-state index contributed by atoms with van der Waals surface area (Å²) in [5, 5.41) is 3.57. The number of hydrogen-bond acceptors (Lipinski definition) is 1. The molecular formula is C14H22ClNO. The topological polar surface area (TPSA) is 29.1 Å². The molecule has 1 aromatic rings. The molecule has 3 heteroatoms. The van der Waals surface area contributed by atoms with Gasteiger partial charge in [0, 0.05) is 11.6 Å². The quantitative estimate of drug-likeness (QED) is 0.874. The molecule has 0 fully saturated rings. The van der Waals surface area contributed by atoms with Gasteiger partial charge >= 0.3 is 0 Å². The van der Waals surface area contributed by atoms with E-state index < -0.39 is 0 Å². The second kappa shape index (κ2) is 9.06. The molecule has 0 aliphatic rings. The van der Waals surface area contributed by atoms with Crippen molar-refractivity contribution in [1.29, 1.82) is 0 Å². The van der Waals surface area contributed by atoms with Crippen molar-refractivity contribution in [3.8, 4) is 0 Å². The highest BCUT2D eigenvalue weighted by atomic mass is 35.5. The minimum absolute atomic E-state index is 0.0611. The average Bonchev–Trinajstić information content (AvgIpc) is 2.32. The number of hydrogen-bond donors (Lipinski definition) is 1. The van der Waals surface area contributed by atoms with Gasteiger partial charge in [0.15, 0.2) is 0 Å². The van der Waals surface area contributed by atoms with Crippen molar-refractivity contribution in [1.82, 2.24) is 5.32 Å². The molecular weight excluding hydrogens is 234 g/mol. The Labute approximate surface area is 109 Å². The van der Waals surface area contributed by atoms with Crippen LogP contribution in [-0.2, 0) is 11.2 Å². The highest BCUT2D eigenvalue weighted by Gasteiger charge is 2.03. The molecule has 0 bridgehead atoms. The third-order valence-corrected chi connectivity index (χ3v) is 2.24. The molecule has 1 rings (SSSR count). The van der Waals surface area contributed by atoms with Crippen LogP contribution in [0.15, 0.2) is 24.3 Å². The zero-order valence-corrected chi connectivity index (χ0v) is 11.8. The van der Waals surface area contributed by atoms with E-state index in [1.807, 2.05) is 26.0 Å². The van der Waals surface area contributed by atoms with Crippen LogP contribution in [-0.4, -0.2) is 12.5 Å². The van der Waals surface area contributed by atoms with E-state index in [1.54, 1.807) is 12.1 Å². The molecule has 0 aromatic heterocycles. The van der Waals surface area contributed by atoms with Gasteiger partial charge < -0.3 is 5.32 Å². The Bertz CT molecular complexity index is 319. The van der Waals surface area contributed by atoms with Crippen LogP contribution >= 0.6 is 11.6 Å². The predicted molar refractivity (Wildman–Crippen MR) is 74.4 cm³/mol. The van der Waals surface area contributed by atoms with Crippen molar-refractivity contribution < 1.29 is 4.79 Å². The van der Waals surface area contributed by atoms with E-state index in [9.17, 15) is 4.79 Å². The largest absolute Gasteiger partial charge is 0.356 e. The molecule has 0 saturated heterocycles. The van der Waals surface area contributed by atoms with E-state index in [0.717, 1.165) is 12.1 Å². The summed E-state index contributed by atoms with van der Waals surface area (Å²) in [7, 11) is 0. The van der Waals surface area contributed by atoms with Gasteiger partial charge in [-0.15, -0.1) is 0 Å². The maximum atomic E-state index is 11.5. The minimum atomic E-state index is 0.0611. The maximum Gasteiger partial charge on any atom is 0.224 e. The normalized spacial score (nSPS) is 9.53. The lowest BCUT2D eigenvalue weighted by atomic mass is 10.1. The third kappa shape index (κ3) is 7.81. The van der Waals surface area contributed by atoms with E-state index in [1.165, 1.54) is 0 Å². The van der Waals surface area contributed by atoms with Crippen molar-refractivity contribution in [2.24, 2.45) is 5.92 Å². The monoisotopic (exact) mass is 255 g/mol. The summed E-state index contributed by atoms with van der Waals surface area (Å²) in [6.07, 6.45) is 0.421. The second-order valence-corrected chi connectivity index (χ2v) is 4.44. The predicted octanol–water partition coefficient (Wildman–Crippen LogP) is 3.68. The van der Waals surface area contributed by atoms with Gasteiger partial charge in [0.2, 0.25) is 5.91 Å². The molecule has 0 aliphatic carbocycles. The Hall–Kier alpha value is -1.02. The van der Waals surface area contributed by atoms with Crippen LogP contribution in [0, 0.1) is 5.92 Å². The Morgan fingerprint density at radius 2 is 1.76 bits per heavy atom. The standard InChI is InChI=1S/C12H16ClNO.C2H6/c1-9(2)8-14-12(15)7-10-3-5-11(13)6-4-10;1-2/h3-6,9H,7-8H2,1-2H3,(H,14,15);1-2H3. The summed E-state index contributed by atoms with van der Waals surface area (Å²) in [4.78, 5) is 11.5. The number of benzene rings is 1. The lowest BCUT2D eigenvalue weighted by Gasteiger charge is -2.07. The molecule has 1 aromatic carbocycles. The number of nitrogens with one attached hydrogen (secondary N) is 1. The zero-order valence-electron chi connectivity index (χ0n) is 11.1. The fourth-order valence-corrected chi connectivity index (χ4v) is 1.29. The van der Waals surface area contributed by atoms with Crippen molar-refractivity contribution in [3.63, 3.8) is 0 Å². The first-order valence-corrected chi connectivity index (χ1v) is 6.47. The van der Waals surface area contributed by atoms with Gasteiger partial charge in [0.25, 0.3) is 0 Å². The highest BCUT2D eigenvalue weighted by Crippen LogP contribution is 2.09. The maximum absolute atomic E-state index is 11.5.